The van der Waals surface area contributed by atoms with Crippen molar-refractivity contribution in [1.29, 1.82) is 0 Å². The van der Waals surface area contributed by atoms with Crippen molar-refractivity contribution < 1.29 is 24.3 Å². The molecule has 3 aliphatic rings. The molecule has 4 amide bonds. The number of hydrogen-bond acceptors (Lipinski definition) is 4. The maximum absolute atomic E-state index is 12.7. The van der Waals surface area contributed by atoms with E-state index in [-0.39, 0.29) is 18.2 Å². The molecule has 0 aliphatic carbocycles. The molecule has 1 aromatic carbocycles. The summed E-state index contributed by atoms with van der Waals surface area (Å²) in [5, 5.41) is 11.3. The summed E-state index contributed by atoms with van der Waals surface area (Å²) in [4.78, 5) is 50.0. The molecule has 0 radical (unpaired) electrons. The fourth-order valence-corrected chi connectivity index (χ4v) is 3.88. The summed E-state index contributed by atoms with van der Waals surface area (Å²) in [6.07, 6.45) is 2.16. The van der Waals surface area contributed by atoms with Crippen LogP contribution in [0.25, 0.3) is 5.57 Å². The van der Waals surface area contributed by atoms with Gasteiger partial charge >= 0.3 is 6.09 Å². The number of nitrogens with one attached hydrogen (secondary N) is 1. The van der Waals surface area contributed by atoms with Gasteiger partial charge in [0, 0.05) is 31.6 Å². The standard InChI is InChI=1S/C19H19N3O5/c23-16-4-3-15(17(24)20-16)22-10-13-9-12(1-2-14(13)18(22)25)11-5-7-21(8-6-11)19(26)27/h1-2,5,9,15H,3-4,6-8,10H2,(H,26,27)(H,20,23,24). The largest absolute Gasteiger partial charge is 0.465 e. The lowest BCUT2D eigenvalue weighted by atomic mass is 9.96. The van der Waals surface area contributed by atoms with Crippen LogP contribution in [0.2, 0.25) is 0 Å². The number of amides is 4. The molecule has 0 bridgehead atoms. The molecule has 4 rings (SSSR count). The molecular weight excluding hydrogens is 350 g/mol. The molecule has 27 heavy (non-hydrogen) atoms. The molecule has 0 aromatic heterocycles. The number of carbonyl (C=O) groups excluding carboxylic acids is 3. The highest BCUT2D eigenvalue weighted by atomic mass is 16.4. The molecule has 1 fully saturated rings. The van der Waals surface area contributed by atoms with Crippen LogP contribution in [0.3, 0.4) is 0 Å². The van der Waals surface area contributed by atoms with Gasteiger partial charge in [-0.2, -0.15) is 0 Å². The smallest absolute Gasteiger partial charge is 0.407 e. The summed E-state index contributed by atoms with van der Waals surface area (Å²) in [7, 11) is 0. The maximum atomic E-state index is 12.7. The van der Waals surface area contributed by atoms with E-state index < -0.39 is 18.0 Å². The van der Waals surface area contributed by atoms with Crippen LogP contribution >= 0.6 is 0 Å². The molecule has 140 valence electrons. The first kappa shape index (κ1) is 17.3. The first-order valence-electron chi connectivity index (χ1n) is 8.89. The third kappa shape index (κ3) is 3.07. The molecule has 1 aromatic rings. The van der Waals surface area contributed by atoms with Crippen molar-refractivity contribution in [3.63, 3.8) is 0 Å². The van der Waals surface area contributed by atoms with E-state index in [0.29, 0.717) is 38.0 Å². The highest BCUT2D eigenvalue weighted by Crippen LogP contribution is 2.31. The summed E-state index contributed by atoms with van der Waals surface area (Å²) in [6, 6.07) is 4.96. The van der Waals surface area contributed by atoms with Gasteiger partial charge in [0.15, 0.2) is 0 Å². The first-order valence-corrected chi connectivity index (χ1v) is 8.89. The monoisotopic (exact) mass is 369 g/mol. The molecule has 1 unspecified atom stereocenters. The minimum absolute atomic E-state index is 0.194. The average molecular weight is 369 g/mol. The zero-order valence-corrected chi connectivity index (χ0v) is 14.6. The minimum Gasteiger partial charge on any atom is -0.465 e. The van der Waals surface area contributed by atoms with Gasteiger partial charge in [0.05, 0.1) is 0 Å². The van der Waals surface area contributed by atoms with E-state index in [2.05, 4.69) is 5.32 Å². The van der Waals surface area contributed by atoms with Gasteiger partial charge in [-0.05, 0) is 41.7 Å². The van der Waals surface area contributed by atoms with E-state index in [1.54, 1.807) is 6.07 Å². The lowest BCUT2D eigenvalue weighted by molar-refractivity contribution is -0.136. The van der Waals surface area contributed by atoms with Gasteiger partial charge in [-0.3, -0.25) is 19.7 Å². The second kappa shape index (κ2) is 6.53. The Morgan fingerprint density at radius 3 is 2.67 bits per heavy atom. The lowest BCUT2D eigenvalue weighted by Crippen LogP contribution is -2.52. The Kier molecular flexibility index (Phi) is 4.18. The van der Waals surface area contributed by atoms with Crippen molar-refractivity contribution >= 4 is 29.4 Å². The quantitative estimate of drug-likeness (QED) is 0.762. The van der Waals surface area contributed by atoms with Crippen LogP contribution in [0, 0.1) is 0 Å². The summed E-state index contributed by atoms with van der Waals surface area (Å²) in [5.41, 5.74) is 3.45. The van der Waals surface area contributed by atoms with Crippen LogP contribution in [0.4, 0.5) is 4.79 Å². The number of fused-ring (bicyclic) bond motifs is 1. The van der Waals surface area contributed by atoms with Crippen LogP contribution in [-0.4, -0.2) is 57.9 Å². The van der Waals surface area contributed by atoms with Gasteiger partial charge in [-0.15, -0.1) is 0 Å². The number of nitrogens with zero attached hydrogens (tertiary/aromatic N) is 2. The van der Waals surface area contributed by atoms with Gasteiger partial charge in [-0.1, -0.05) is 12.1 Å². The number of imide groups is 1. The van der Waals surface area contributed by atoms with Gasteiger partial charge in [-0.25, -0.2) is 4.79 Å². The Balaban J connectivity index is 1.54. The van der Waals surface area contributed by atoms with Crippen molar-refractivity contribution in [3.8, 4) is 0 Å². The zero-order chi connectivity index (χ0) is 19.1. The number of hydrogen-bond donors (Lipinski definition) is 2. The third-order valence-electron chi connectivity index (χ3n) is 5.37. The highest BCUT2D eigenvalue weighted by molar-refractivity contribution is 6.05. The van der Waals surface area contributed by atoms with Crippen LogP contribution in [0.1, 0.15) is 40.7 Å². The molecule has 8 nitrogen and oxygen atoms in total. The van der Waals surface area contributed by atoms with Gasteiger partial charge in [0.2, 0.25) is 11.8 Å². The van der Waals surface area contributed by atoms with Crippen molar-refractivity contribution in [2.24, 2.45) is 0 Å². The van der Waals surface area contributed by atoms with Crippen molar-refractivity contribution in [2.45, 2.75) is 31.8 Å². The van der Waals surface area contributed by atoms with E-state index >= 15 is 0 Å². The average Bonchev–Trinajstić information content (AvgIpc) is 2.98. The second-order valence-corrected chi connectivity index (χ2v) is 6.98. The molecule has 0 saturated carbocycles. The summed E-state index contributed by atoms with van der Waals surface area (Å²) in [6.45, 7) is 1.13. The second-order valence-electron chi connectivity index (χ2n) is 6.98. The minimum atomic E-state index is -0.926. The topological polar surface area (TPSA) is 107 Å². The van der Waals surface area contributed by atoms with Crippen LogP contribution in [0.15, 0.2) is 24.3 Å². The number of benzene rings is 1. The predicted molar refractivity (Wildman–Crippen MR) is 94.7 cm³/mol. The normalized spacial score (nSPS) is 22.4. The lowest BCUT2D eigenvalue weighted by Gasteiger charge is -2.29. The molecule has 2 N–H and O–H groups in total. The number of piperidine rings is 1. The first-order chi connectivity index (χ1) is 12.9. The zero-order valence-electron chi connectivity index (χ0n) is 14.6. The Bertz CT molecular complexity index is 891. The Hall–Kier alpha value is -3.16. The third-order valence-corrected chi connectivity index (χ3v) is 5.37. The van der Waals surface area contributed by atoms with Gasteiger partial charge < -0.3 is 14.9 Å². The number of rotatable bonds is 2. The summed E-state index contributed by atoms with van der Waals surface area (Å²) in [5.74, 6) is -0.917. The fourth-order valence-electron chi connectivity index (χ4n) is 3.88. The van der Waals surface area contributed by atoms with Crippen molar-refractivity contribution in [1.82, 2.24) is 15.1 Å². The molecule has 3 aliphatic heterocycles. The fraction of sp³-hybridized carbons (Fsp3) is 0.368. The molecule has 0 spiro atoms. The van der Waals surface area contributed by atoms with E-state index in [4.69, 9.17) is 5.11 Å². The van der Waals surface area contributed by atoms with Crippen molar-refractivity contribution in [3.05, 3.63) is 41.0 Å². The SMILES string of the molecule is O=C1CCC(N2Cc3cc(C4=CCN(C(=O)O)CC4)ccc3C2=O)C(=O)N1. The van der Waals surface area contributed by atoms with Crippen LogP contribution in [0.5, 0.6) is 0 Å². The molecule has 8 heteroatoms. The van der Waals surface area contributed by atoms with Gasteiger partial charge in [0.25, 0.3) is 5.91 Å². The van der Waals surface area contributed by atoms with Crippen molar-refractivity contribution in [2.75, 3.05) is 13.1 Å². The molecule has 1 saturated heterocycles. The van der Waals surface area contributed by atoms with E-state index in [1.807, 2.05) is 18.2 Å². The van der Waals surface area contributed by atoms with E-state index in [9.17, 15) is 19.2 Å². The molecule has 3 heterocycles. The summed E-state index contributed by atoms with van der Waals surface area (Å²) < 4.78 is 0. The van der Waals surface area contributed by atoms with Gasteiger partial charge in [0.1, 0.15) is 6.04 Å². The molecule has 1 atom stereocenters. The molecular formula is C19H19N3O5. The Morgan fingerprint density at radius 1 is 1.19 bits per heavy atom. The number of carboxylic acid groups (broad SMARTS) is 1. The Labute approximate surface area is 155 Å². The summed E-state index contributed by atoms with van der Waals surface area (Å²) >= 11 is 0. The van der Waals surface area contributed by atoms with Crippen LogP contribution in [-0.2, 0) is 16.1 Å². The predicted octanol–water partition coefficient (Wildman–Crippen LogP) is 1.21. The van der Waals surface area contributed by atoms with E-state index in [0.717, 1.165) is 16.7 Å². The van der Waals surface area contributed by atoms with Crippen LogP contribution < -0.4 is 5.32 Å². The van der Waals surface area contributed by atoms with E-state index in [1.165, 1.54) is 9.80 Å². The Morgan fingerprint density at radius 2 is 2.00 bits per heavy atom. The maximum Gasteiger partial charge on any atom is 0.407 e. The highest BCUT2D eigenvalue weighted by Gasteiger charge is 2.39. The number of carbonyl (C=O) groups is 4.